The first-order valence-electron chi connectivity index (χ1n) is 13.6. The lowest BCUT2D eigenvalue weighted by Crippen LogP contribution is -2.42. The molecule has 2 aliphatic rings. The average Bonchev–Trinajstić information content (AvgIpc) is 2.89. The first-order valence-corrected chi connectivity index (χ1v) is 13.6. The fourth-order valence-electron chi connectivity index (χ4n) is 5.39. The summed E-state index contributed by atoms with van der Waals surface area (Å²) in [7, 11) is 4.27. The van der Waals surface area contributed by atoms with Crippen LogP contribution in [0.15, 0.2) is 30.3 Å². The number of aromatic nitrogens is 2. The number of nitrogens with zero attached hydrogens (tertiary/aromatic N) is 3. The molecule has 2 fully saturated rings. The van der Waals surface area contributed by atoms with Crippen molar-refractivity contribution in [2.75, 3.05) is 14.1 Å². The highest BCUT2D eigenvalue weighted by Crippen LogP contribution is 2.29. The van der Waals surface area contributed by atoms with Crippen LogP contribution in [0.25, 0.3) is 11.1 Å². The number of ether oxygens (including phenoxy) is 1. The summed E-state index contributed by atoms with van der Waals surface area (Å²) in [5.74, 6) is 0.801. The van der Waals surface area contributed by atoms with Crippen LogP contribution in [0.4, 0.5) is 0 Å². The molecule has 35 heavy (non-hydrogen) atoms. The summed E-state index contributed by atoms with van der Waals surface area (Å²) in [6.45, 7) is 2.18. The van der Waals surface area contributed by atoms with Gasteiger partial charge < -0.3 is 15.0 Å². The van der Waals surface area contributed by atoms with Gasteiger partial charge in [0.2, 0.25) is 0 Å². The second-order valence-electron chi connectivity index (χ2n) is 10.5. The zero-order chi connectivity index (χ0) is 24.6. The van der Waals surface area contributed by atoms with Crippen molar-refractivity contribution in [1.29, 1.82) is 0 Å². The molecule has 1 heterocycles. The Bertz CT molecular complexity index is 946. The number of unbranched alkanes of at least 4 members (excludes halogenated alkanes) is 1. The van der Waals surface area contributed by atoms with Crippen molar-refractivity contribution >= 4 is 5.91 Å². The predicted molar refractivity (Wildman–Crippen MR) is 141 cm³/mol. The van der Waals surface area contributed by atoms with Crippen LogP contribution in [-0.4, -0.2) is 53.3 Å². The van der Waals surface area contributed by atoms with Crippen LogP contribution in [0.5, 0.6) is 5.75 Å². The molecule has 0 atom stereocenters. The van der Waals surface area contributed by atoms with E-state index in [1.807, 2.05) is 6.07 Å². The topological polar surface area (TPSA) is 67.4 Å². The lowest BCUT2D eigenvalue weighted by Gasteiger charge is -2.32. The Kier molecular flexibility index (Phi) is 9.13. The van der Waals surface area contributed by atoms with Gasteiger partial charge in [-0.05, 0) is 102 Å². The van der Waals surface area contributed by atoms with E-state index in [9.17, 15) is 4.79 Å². The quantitative estimate of drug-likeness (QED) is 0.493. The highest BCUT2D eigenvalue weighted by molar-refractivity contribution is 5.93. The van der Waals surface area contributed by atoms with E-state index in [4.69, 9.17) is 4.74 Å². The van der Waals surface area contributed by atoms with E-state index in [2.05, 4.69) is 65.7 Å². The second-order valence-corrected chi connectivity index (χ2v) is 10.5. The molecule has 0 unspecified atom stereocenters. The number of aryl methyl sites for hydroxylation is 1. The molecule has 2 saturated carbocycles. The van der Waals surface area contributed by atoms with Gasteiger partial charge in [0, 0.05) is 17.6 Å². The van der Waals surface area contributed by atoms with Crippen LogP contribution < -0.4 is 10.1 Å². The Balaban J connectivity index is 1.47. The van der Waals surface area contributed by atoms with Crippen molar-refractivity contribution in [2.24, 2.45) is 0 Å². The van der Waals surface area contributed by atoms with Gasteiger partial charge in [0.25, 0.3) is 5.91 Å². The second kappa shape index (κ2) is 12.5. The summed E-state index contributed by atoms with van der Waals surface area (Å²) in [6.07, 6.45) is 13.7. The molecule has 6 nitrogen and oxygen atoms in total. The number of rotatable bonds is 9. The fourth-order valence-corrected chi connectivity index (χ4v) is 5.39. The molecular weight excluding hydrogens is 436 g/mol. The van der Waals surface area contributed by atoms with Crippen molar-refractivity contribution in [3.8, 4) is 16.9 Å². The highest BCUT2D eigenvalue weighted by atomic mass is 16.5. The van der Waals surface area contributed by atoms with Gasteiger partial charge in [-0.2, -0.15) is 5.10 Å². The summed E-state index contributed by atoms with van der Waals surface area (Å²) in [5, 5.41) is 12.0. The van der Waals surface area contributed by atoms with Crippen LogP contribution in [0.1, 0.15) is 93.7 Å². The SMILES string of the molecule is CCCCc1nnc(C(=O)NC2CCC(N(C)C)CC2)cc1-c1ccc(OC2CCCCC2)cc1. The number of hydrogen-bond acceptors (Lipinski definition) is 5. The van der Waals surface area contributed by atoms with Crippen LogP contribution in [-0.2, 0) is 6.42 Å². The Morgan fingerprint density at radius 3 is 2.37 bits per heavy atom. The molecule has 4 rings (SSSR count). The minimum atomic E-state index is -0.119. The third-order valence-corrected chi connectivity index (χ3v) is 7.65. The van der Waals surface area contributed by atoms with E-state index in [-0.39, 0.29) is 11.9 Å². The fraction of sp³-hybridized carbons (Fsp3) is 0.621. The number of amides is 1. The molecule has 2 aromatic rings. The summed E-state index contributed by atoms with van der Waals surface area (Å²) in [5.41, 5.74) is 3.41. The molecule has 1 N–H and O–H groups in total. The average molecular weight is 479 g/mol. The van der Waals surface area contributed by atoms with Gasteiger partial charge in [-0.15, -0.1) is 5.10 Å². The third-order valence-electron chi connectivity index (χ3n) is 7.65. The van der Waals surface area contributed by atoms with Crippen molar-refractivity contribution < 1.29 is 9.53 Å². The molecule has 0 radical (unpaired) electrons. The van der Waals surface area contributed by atoms with E-state index < -0.39 is 0 Å². The maximum atomic E-state index is 13.1. The molecule has 1 amide bonds. The van der Waals surface area contributed by atoms with Crippen LogP contribution in [0.3, 0.4) is 0 Å². The number of carbonyl (C=O) groups excluding carboxylic acids is 1. The molecular formula is C29H42N4O2. The van der Waals surface area contributed by atoms with Crippen molar-refractivity contribution in [1.82, 2.24) is 20.4 Å². The van der Waals surface area contributed by atoms with Gasteiger partial charge in [0.15, 0.2) is 5.69 Å². The summed E-state index contributed by atoms with van der Waals surface area (Å²) >= 11 is 0. The Morgan fingerprint density at radius 2 is 1.71 bits per heavy atom. The molecule has 2 aliphatic carbocycles. The monoisotopic (exact) mass is 478 g/mol. The van der Waals surface area contributed by atoms with E-state index in [0.717, 1.165) is 80.4 Å². The predicted octanol–water partition coefficient (Wildman–Crippen LogP) is 5.80. The van der Waals surface area contributed by atoms with Gasteiger partial charge in [-0.1, -0.05) is 31.9 Å². The Hall–Kier alpha value is -2.47. The normalized spacial score (nSPS) is 21.1. The number of nitrogens with one attached hydrogen (secondary N) is 1. The first-order chi connectivity index (χ1) is 17.0. The highest BCUT2D eigenvalue weighted by Gasteiger charge is 2.25. The summed E-state index contributed by atoms with van der Waals surface area (Å²) in [4.78, 5) is 15.4. The molecule has 6 heteroatoms. The largest absolute Gasteiger partial charge is 0.490 e. The van der Waals surface area contributed by atoms with Crippen LogP contribution in [0, 0.1) is 0 Å². The Morgan fingerprint density at radius 1 is 1.00 bits per heavy atom. The maximum absolute atomic E-state index is 13.1. The van der Waals surface area contributed by atoms with Gasteiger partial charge in [0.05, 0.1) is 11.8 Å². The molecule has 0 aliphatic heterocycles. The van der Waals surface area contributed by atoms with Crippen LogP contribution in [0.2, 0.25) is 0 Å². The number of benzene rings is 1. The number of hydrogen-bond donors (Lipinski definition) is 1. The lowest BCUT2D eigenvalue weighted by molar-refractivity contribution is 0.0910. The smallest absolute Gasteiger partial charge is 0.272 e. The zero-order valence-electron chi connectivity index (χ0n) is 21.8. The molecule has 0 saturated heterocycles. The van der Waals surface area contributed by atoms with Crippen LogP contribution >= 0.6 is 0 Å². The third kappa shape index (κ3) is 7.03. The molecule has 0 spiro atoms. The van der Waals surface area contributed by atoms with Crippen molar-refractivity contribution in [3.63, 3.8) is 0 Å². The standard InChI is InChI=1S/C29H42N4O2/c1-4-5-11-27-26(21-12-18-25(19-13-21)35-24-9-7-6-8-10-24)20-28(32-31-27)29(34)30-22-14-16-23(17-15-22)33(2)3/h12-13,18-20,22-24H,4-11,14-17H2,1-3H3,(H,30,34). The van der Waals surface area contributed by atoms with Gasteiger partial charge >= 0.3 is 0 Å². The molecule has 1 aromatic carbocycles. The first kappa shape index (κ1) is 25.6. The zero-order valence-corrected chi connectivity index (χ0v) is 21.8. The Labute approximate surface area is 210 Å². The van der Waals surface area contributed by atoms with Gasteiger partial charge in [-0.3, -0.25) is 4.79 Å². The molecule has 190 valence electrons. The molecule has 1 aromatic heterocycles. The van der Waals surface area contributed by atoms with E-state index >= 15 is 0 Å². The van der Waals surface area contributed by atoms with E-state index in [1.54, 1.807) is 0 Å². The van der Waals surface area contributed by atoms with Gasteiger partial charge in [-0.25, -0.2) is 0 Å². The minimum absolute atomic E-state index is 0.119. The minimum Gasteiger partial charge on any atom is -0.490 e. The molecule has 0 bridgehead atoms. The van der Waals surface area contributed by atoms with Crippen molar-refractivity contribution in [3.05, 3.63) is 41.7 Å². The maximum Gasteiger partial charge on any atom is 0.272 e. The summed E-state index contributed by atoms with van der Waals surface area (Å²) in [6, 6.07) is 11.0. The van der Waals surface area contributed by atoms with E-state index in [1.165, 1.54) is 19.3 Å². The summed E-state index contributed by atoms with van der Waals surface area (Å²) < 4.78 is 6.21. The lowest BCUT2D eigenvalue weighted by atomic mass is 9.90. The van der Waals surface area contributed by atoms with Gasteiger partial charge in [0.1, 0.15) is 5.75 Å². The van der Waals surface area contributed by atoms with E-state index in [0.29, 0.717) is 17.8 Å². The van der Waals surface area contributed by atoms with Crippen molar-refractivity contribution in [2.45, 2.75) is 102 Å². The number of carbonyl (C=O) groups is 1.